The number of hydrogen-bond donors (Lipinski definition) is 1. The summed E-state index contributed by atoms with van der Waals surface area (Å²) >= 11 is 0. The van der Waals surface area contributed by atoms with E-state index in [1.54, 1.807) is 23.1 Å². The predicted octanol–water partition coefficient (Wildman–Crippen LogP) is 4.32. The van der Waals surface area contributed by atoms with Gasteiger partial charge in [0.25, 0.3) is 11.7 Å². The highest BCUT2D eigenvalue weighted by molar-refractivity contribution is 6.46. The van der Waals surface area contributed by atoms with Gasteiger partial charge in [-0.2, -0.15) is 0 Å². The van der Waals surface area contributed by atoms with Crippen molar-refractivity contribution >= 4 is 17.4 Å². The van der Waals surface area contributed by atoms with Gasteiger partial charge in [0.2, 0.25) is 0 Å². The van der Waals surface area contributed by atoms with Crippen molar-refractivity contribution in [3.05, 3.63) is 83.4 Å². The number of amides is 1. The first-order chi connectivity index (χ1) is 15.9. The van der Waals surface area contributed by atoms with E-state index in [2.05, 4.69) is 25.3 Å². The van der Waals surface area contributed by atoms with Gasteiger partial charge >= 0.3 is 0 Å². The number of rotatable bonds is 10. The number of aliphatic hydroxyl groups excluding tert-OH is 1. The van der Waals surface area contributed by atoms with Gasteiger partial charge in [0.1, 0.15) is 18.1 Å². The van der Waals surface area contributed by atoms with Gasteiger partial charge in [0, 0.05) is 18.7 Å². The third-order valence-corrected chi connectivity index (χ3v) is 5.96. The Morgan fingerprint density at radius 2 is 1.85 bits per heavy atom. The van der Waals surface area contributed by atoms with Gasteiger partial charge in [0.15, 0.2) is 0 Å². The molecule has 2 aromatic rings. The topological polar surface area (TPSA) is 70.1 Å². The molecule has 3 rings (SSSR count). The van der Waals surface area contributed by atoms with Crippen LogP contribution in [0, 0.1) is 6.92 Å². The van der Waals surface area contributed by atoms with Crippen molar-refractivity contribution < 1.29 is 19.4 Å². The van der Waals surface area contributed by atoms with Crippen LogP contribution in [0.5, 0.6) is 5.75 Å². The molecule has 1 aliphatic rings. The first kappa shape index (κ1) is 24.3. The number of aliphatic hydroxyl groups is 1. The van der Waals surface area contributed by atoms with Crippen molar-refractivity contribution in [2.75, 3.05) is 32.8 Å². The number of ether oxygens (including phenoxy) is 1. The zero-order valence-corrected chi connectivity index (χ0v) is 19.6. The van der Waals surface area contributed by atoms with Gasteiger partial charge in [-0.05, 0) is 37.7 Å². The monoisotopic (exact) mass is 448 g/mol. The molecule has 174 valence electrons. The SMILES string of the molecule is C=CCOc1cccc([C@H]2C(=C(O)c3ccc(C)cc3)C(=O)C(=O)N2CCN(CC)CC)c1. The molecular weight excluding hydrogens is 416 g/mol. The number of Topliss-reactive ketones (excluding diaryl/α,β-unsaturated/α-hetero) is 1. The molecule has 1 aliphatic heterocycles. The van der Waals surface area contributed by atoms with E-state index in [0.29, 0.717) is 36.6 Å². The van der Waals surface area contributed by atoms with Crippen LogP contribution >= 0.6 is 0 Å². The Hall–Kier alpha value is -3.38. The fraction of sp³-hybridized carbons (Fsp3) is 0.333. The number of hydrogen-bond acceptors (Lipinski definition) is 5. The molecular formula is C27H32N2O4. The average Bonchev–Trinajstić information content (AvgIpc) is 3.08. The molecule has 0 unspecified atom stereocenters. The number of aryl methyl sites for hydroxylation is 1. The Bertz CT molecular complexity index is 1040. The Morgan fingerprint density at radius 1 is 1.15 bits per heavy atom. The minimum absolute atomic E-state index is 0.101. The lowest BCUT2D eigenvalue weighted by Crippen LogP contribution is -2.38. The number of ketones is 1. The lowest BCUT2D eigenvalue weighted by atomic mass is 9.95. The van der Waals surface area contributed by atoms with Crippen LogP contribution in [0.3, 0.4) is 0 Å². The van der Waals surface area contributed by atoms with Crippen molar-refractivity contribution in [2.45, 2.75) is 26.8 Å². The molecule has 1 fully saturated rings. The fourth-order valence-corrected chi connectivity index (χ4v) is 4.04. The molecule has 1 N–H and O–H groups in total. The molecule has 0 radical (unpaired) electrons. The number of carbonyl (C=O) groups is 2. The van der Waals surface area contributed by atoms with Crippen molar-refractivity contribution in [3.8, 4) is 5.75 Å². The Labute approximate surface area is 195 Å². The van der Waals surface area contributed by atoms with Crippen molar-refractivity contribution in [2.24, 2.45) is 0 Å². The molecule has 0 saturated carbocycles. The lowest BCUT2D eigenvalue weighted by molar-refractivity contribution is -0.140. The highest BCUT2D eigenvalue weighted by Gasteiger charge is 2.46. The van der Waals surface area contributed by atoms with E-state index in [9.17, 15) is 14.7 Å². The first-order valence-electron chi connectivity index (χ1n) is 11.3. The minimum atomic E-state index is -0.700. The molecule has 0 bridgehead atoms. The molecule has 2 aromatic carbocycles. The minimum Gasteiger partial charge on any atom is -0.507 e. The smallest absolute Gasteiger partial charge is 0.295 e. The predicted molar refractivity (Wildman–Crippen MR) is 130 cm³/mol. The van der Waals surface area contributed by atoms with E-state index in [1.807, 2.05) is 43.3 Å². The fourth-order valence-electron chi connectivity index (χ4n) is 4.04. The summed E-state index contributed by atoms with van der Waals surface area (Å²) in [5.74, 6) is -0.827. The van der Waals surface area contributed by atoms with E-state index in [-0.39, 0.29) is 11.3 Å². The third kappa shape index (κ3) is 5.34. The Kier molecular flexibility index (Phi) is 8.06. The van der Waals surface area contributed by atoms with Crippen LogP contribution in [0.25, 0.3) is 5.76 Å². The van der Waals surface area contributed by atoms with Gasteiger partial charge in [-0.15, -0.1) is 0 Å². The van der Waals surface area contributed by atoms with E-state index in [1.165, 1.54) is 0 Å². The summed E-state index contributed by atoms with van der Waals surface area (Å²) in [6, 6.07) is 13.8. The maximum absolute atomic E-state index is 13.2. The molecule has 0 aliphatic carbocycles. The zero-order valence-electron chi connectivity index (χ0n) is 19.6. The van der Waals surface area contributed by atoms with E-state index in [0.717, 1.165) is 18.7 Å². The quantitative estimate of drug-likeness (QED) is 0.254. The average molecular weight is 449 g/mol. The Morgan fingerprint density at radius 3 is 2.48 bits per heavy atom. The molecule has 33 heavy (non-hydrogen) atoms. The summed E-state index contributed by atoms with van der Waals surface area (Å²) in [6.45, 7) is 12.8. The van der Waals surface area contributed by atoms with E-state index in [4.69, 9.17) is 4.74 Å². The van der Waals surface area contributed by atoms with Gasteiger partial charge in [-0.3, -0.25) is 9.59 Å². The molecule has 0 aromatic heterocycles. The maximum atomic E-state index is 13.2. The Balaban J connectivity index is 2.09. The lowest BCUT2D eigenvalue weighted by Gasteiger charge is -2.28. The van der Waals surface area contributed by atoms with Gasteiger partial charge < -0.3 is 19.6 Å². The van der Waals surface area contributed by atoms with Gasteiger partial charge in [-0.1, -0.05) is 68.5 Å². The van der Waals surface area contributed by atoms with Crippen LogP contribution < -0.4 is 4.74 Å². The van der Waals surface area contributed by atoms with Crippen LogP contribution in [0.15, 0.2) is 66.8 Å². The second-order valence-electron chi connectivity index (χ2n) is 8.06. The summed E-state index contributed by atoms with van der Waals surface area (Å²) in [5.41, 5.74) is 2.36. The summed E-state index contributed by atoms with van der Waals surface area (Å²) in [5, 5.41) is 11.2. The number of likely N-dealkylation sites (N-methyl/N-ethyl adjacent to an activating group) is 1. The van der Waals surface area contributed by atoms with E-state index < -0.39 is 17.7 Å². The first-order valence-corrected chi connectivity index (χ1v) is 11.3. The molecule has 0 spiro atoms. The summed E-state index contributed by atoms with van der Waals surface area (Å²) in [6.07, 6.45) is 1.65. The van der Waals surface area contributed by atoms with Crippen LogP contribution in [-0.2, 0) is 9.59 Å². The molecule has 6 nitrogen and oxygen atoms in total. The highest BCUT2D eigenvalue weighted by atomic mass is 16.5. The van der Waals surface area contributed by atoms with Crippen LogP contribution in [0.2, 0.25) is 0 Å². The van der Waals surface area contributed by atoms with Crippen molar-refractivity contribution in [1.29, 1.82) is 0 Å². The van der Waals surface area contributed by atoms with Crippen LogP contribution in [0.4, 0.5) is 0 Å². The van der Waals surface area contributed by atoms with Crippen molar-refractivity contribution in [3.63, 3.8) is 0 Å². The molecule has 1 atom stereocenters. The van der Waals surface area contributed by atoms with Gasteiger partial charge in [0.05, 0.1) is 11.6 Å². The second-order valence-corrected chi connectivity index (χ2v) is 8.06. The summed E-state index contributed by atoms with van der Waals surface area (Å²) < 4.78 is 5.68. The number of likely N-dealkylation sites (tertiary alicyclic amines) is 1. The standard InChI is InChI=1S/C27H32N2O4/c1-5-17-33-22-10-8-9-21(18-22)24-23(25(30)20-13-11-19(4)12-14-20)26(31)27(32)29(24)16-15-28(6-2)7-3/h5,8-14,18,24,30H,1,6-7,15-17H2,2-4H3/t24-/m0/s1. The highest BCUT2D eigenvalue weighted by Crippen LogP contribution is 2.40. The summed E-state index contributed by atoms with van der Waals surface area (Å²) in [7, 11) is 0. The molecule has 1 saturated heterocycles. The normalized spacial score (nSPS) is 17.6. The summed E-state index contributed by atoms with van der Waals surface area (Å²) in [4.78, 5) is 30.0. The maximum Gasteiger partial charge on any atom is 0.295 e. The number of carbonyl (C=O) groups excluding carboxylic acids is 2. The molecule has 1 amide bonds. The van der Waals surface area contributed by atoms with Gasteiger partial charge in [-0.25, -0.2) is 0 Å². The number of nitrogens with zero attached hydrogens (tertiary/aromatic N) is 2. The van der Waals surface area contributed by atoms with E-state index >= 15 is 0 Å². The van der Waals surface area contributed by atoms with Crippen LogP contribution in [0.1, 0.15) is 36.6 Å². The molecule has 1 heterocycles. The zero-order chi connectivity index (χ0) is 24.0. The number of benzene rings is 2. The second kappa shape index (κ2) is 11.0. The molecule has 6 heteroatoms. The third-order valence-electron chi connectivity index (χ3n) is 5.96. The largest absolute Gasteiger partial charge is 0.507 e. The van der Waals surface area contributed by atoms with Crippen LogP contribution in [-0.4, -0.2) is 59.4 Å². The van der Waals surface area contributed by atoms with Crippen molar-refractivity contribution in [1.82, 2.24) is 9.80 Å².